The number of carbonyl (C=O) groups is 1. The Kier molecular flexibility index (Phi) is 3.82. The van der Waals surface area contributed by atoms with Crippen molar-refractivity contribution in [3.8, 4) is 0 Å². The monoisotopic (exact) mass is 345 g/mol. The number of carbonyl (C=O) groups excluding carboxylic acids is 1. The molecule has 1 N–H and O–H groups in total. The van der Waals surface area contributed by atoms with Crippen molar-refractivity contribution < 1.29 is 9.21 Å². The van der Waals surface area contributed by atoms with Crippen LogP contribution in [-0.2, 0) is 5.75 Å². The third-order valence-electron chi connectivity index (χ3n) is 3.62. The Morgan fingerprint density at radius 3 is 3.09 bits per heavy atom. The summed E-state index contributed by atoms with van der Waals surface area (Å²) in [6.45, 7) is 2.02. The summed E-state index contributed by atoms with van der Waals surface area (Å²) in [4.78, 5) is 20.8. The number of thiazole rings is 1. The molecule has 4 rings (SSSR count). The third-order valence-corrected chi connectivity index (χ3v) is 5.49. The molecular formula is C16H15N3O2S2. The molecule has 1 aliphatic rings. The molecule has 0 spiro atoms. The molecule has 2 aromatic heterocycles. The van der Waals surface area contributed by atoms with Gasteiger partial charge in [-0.25, -0.2) is 9.97 Å². The van der Waals surface area contributed by atoms with Gasteiger partial charge in [-0.1, -0.05) is 23.9 Å². The van der Waals surface area contributed by atoms with E-state index in [4.69, 9.17) is 4.42 Å². The molecule has 0 unspecified atom stereocenters. The van der Waals surface area contributed by atoms with Crippen molar-refractivity contribution in [2.75, 3.05) is 0 Å². The zero-order valence-electron chi connectivity index (χ0n) is 12.5. The molecule has 118 valence electrons. The highest BCUT2D eigenvalue weighted by Crippen LogP contribution is 2.28. The zero-order valence-corrected chi connectivity index (χ0v) is 14.2. The average molecular weight is 345 g/mol. The van der Waals surface area contributed by atoms with E-state index in [0.29, 0.717) is 22.7 Å². The lowest BCUT2D eigenvalue weighted by Gasteiger charge is -1.98. The van der Waals surface area contributed by atoms with Crippen LogP contribution >= 0.6 is 23.1 Å². The second kappa shape index (κ2) is 5.98. The van der Waals surface area contributed by atoms with E-state index in [-0.39, 0.29) is 5.91 Å². The first-order valence-corrected chi connectivity index (χ1v) is 9.30. The fraction of sp³-hybridized carbons (Fsp3) is 0.312. The largest absolute Gasteiger partial charge is 0.431 e. The Bertz CT molecular complexity index is 867. The van der Waals surface area contributed by atoms with Crippen molar-refractivity contribution in [1.29, 1.82) is 0 Å². The van der Waals surface area contributed by atoms with Crippen molar-refractivity contribution in [3.05, 3.63) is 39.8 Å². The molecule has 5 nitrogen and oxygen atoms in total. The lowest BCUT2D eigenvalue weighted by molar-refractivity contribution is 0.0946. The number of oxazole rings is 1. The Morgan fingerprint density at radius 2 is 2.30 bits per heavy atom. The minimum Gasteiger partial charge on any atom is -0.431 e. The molecule has 1 aliphatic carbocycles. The van der Waals surface area contributed by atoms with E-state index in [1.807, 2.05) is 30.5 Å². The quantitative estimate of drug-likeness (QED) is 0.713. The van der Waals surface area contributed by atoms with Crippen LogP contribution in [0.25, 0.3) is 11.1 Å². The molecule has 7 heteroatoms. The van der Waals surface area contributed by atoms with Gasteiger partial charge in [-0.05, 0) is 31.4 Å². The summed E-state index contributed by atoms with van der Waals surface area (Å²) < 4.78 is 5.74. The molecule has 3 aromatic rings. The van der Waals surface area contributed by atoms with Gasteiger partial charge in [0.1, 0.15) is 16.2 Å². The number of nitrogens with one attached hydrogen (secondary N) is 1. The molecule has 0 bridgehead atoms. The van der Waals surface area contributed by atoms with Crippen LogP contribution in [0.2, 0.25) is 0 Å². The number of thioether (sulfide) groups is 1. The second-order valence-corrected chi connectivity index (χ2v) is 7.43. The molecule has 1 saturated carbocycles. The fourth-order valence-corrected chi connectivity index (χ4v) is 3.84. The van der Waals surface area contributed by atoms with Crippen LogP contribution in [0.5, 0.6) is 0 Å². The molecule has 0 saturated heterocycles. The SMILES string of the molecule is Cc1cccc2oc(SCc3nc(C(=O)NC4CC4)cs3)nc12. The highest BCUT2D eigenvalue weighted by Gasteiger charge is 2.24. The number of para-hydroxylation sites is 1. The number of aromatic nitrogens is 2. The van der Waals surface area contributed by atoms with Crippen molar-refractivity contribution in [2.24, 2.45) is 0 Å². The lowest BCUT2D eigenvalue weighted by atomic mass is 10.2. The molecule has 1 aromatic carbocycles. The number of amides is 1. The molecular weight excluding hydrogens is 330 g/mol. The smallest absolute Gasteiger partial charge is 0.270 e. The summed E-state index contributed by atoms with van der Waals surface area (Å²) in [6.07, 6.45) is 2.16. The van der Waals surface area contributed by atoms with Crippen molar-refractivity contribution in [3.63, 3.8) is 0 Å². The van der Waals surface area contributed by atoms with E-state index in [9.17, 15) is 4.79 Å². The van der Waals surface area contributed by atoms with Crippen LogP contribution in [0, 0.1) is 6.92 Å². The summed E-state index contributed by atoms with van der Waals surface area (Å²) in [7, 11) is 0. The topological polar surface area (TPSA) is 68.0 Å². The summed E-state index contributed by atoms with van der Waals surface area (Å²) >= 11 is 2.99. The minimum absolute atomic E-state index is 0.0718. The van der Waals surface area contributed by atoms with Crippen LogP contribution in [0.4, 0.5) is 0 Å². The maximum atomic E-state index is 11.9. The first-order valence-electron chi connectivity index (χ1n) is 7.43. The second-order valence-electron chi connectivity index (χ2n) is 5.56. The van der Waals surface area contributed by atoms with Gasteiger partial charge in [0.15, 0.2) is 5.58 Å². The predicted octanol–water partition coefficient (Wildman–Crippen LogP) is 3.78. The van der Waals surface area contributed by atoms with Gasteiger partial charge in [-0.3, -0.25) is 4.79 Å². The standard InChI is InChI=1S/C16H15N3O2S2/c1-9-3-2-4-12-14(9)19-16(21-12)23-8-13-18-11(7-22-13)15(20)17-10-5-6-10/h2-4,7,10H,5-6,8H2,1H3,(H,17,20). The minimum atomic E-state index is -0.0718. The first-order chi connectivity index (χ1) is 11.2. The van der Waals surface area contributed by atoms with Crippen LogP contribution in [0.15, 0.2) is 33.2 Å². The van der Waals surface area contributed by atoms with E-state index >= 15 is 0 Å². The van der Waals surface area contributed by atoms with Crippen molar-refractivity contribution in [1.82, 2.24) is 15.3 Å². The van der Waals surface area contributed by atoms with Gasteiger partial charge >= 0.3 is 0 Å². The third kappa shape index (κ3) is 3.25. The Morgan fingerprint density at radius 1 is 1.43 bits per heavy atom. The summed E-state index contributed by atoms with van der Waals surface area (Å²) in [6, 6.07) is 6.25. The first kappa shape index (κ1) is 14.7. The maximum absolute atomic E-state index is 11.9. The summed E-state index contributed by atoms with van der Waals surface area (Å²) in [5.41, 5.74) is 3.31. The Hall–Kier alpha value is -1.86. The van der Waals surface area contributed by atoms with Gasteiger partial charge in [0.05, 0.1) is 5.75 Å². The van der Waals surface area contributed by atoms with Crippen molar-refractivity contribution >= 4 is 40.1 Å². The van der Waals surface area contributed by atoms with Gasteiger partial charge in [-0.2, -0.15) is 0 Å². The van der Waals surface area contributed by atoms with E-state index in [0.717, 1.165) is 34.5 Å². The normalized spacial score (nSPS) is 14.3. The van der Waals surface area contributed by atoms with Crippen LogP contribution in [0.3, 0.4) is 0 Å². The number of aryl methyl sites for hydroxylation is 1. The Labute approximate surface area is 141 Å². The van der Waals surface area contributed by atoms with Gasteiger partial charge in [0.25, 0.3) is 11.1 Å². The van der Waals surface area contributed by atoms with Crippen LogP contribution in [0.1, 0.15) is 33.9 Å². The highest BCUT2D eigenvalue weighted by molar-refractivity contribution is 7.98. The number of nitrogens with zero attached hydrogens (tertiary/aromatic N) is 2. The molecule has 1 amide bonds. The average Bonchev–Trinajstić information content (AvgIpc) is 3.07. The van der Waals surface area contributed by atoms with E-state index < -0.39 is 0 Å². The molecule has 2 heterocycles. The number of rotatable bonds is 5. The van der Waals surface area contributed by atoms with E-state index in [1.165, 1.54) is 23.1 Å². The summed E-state index contributed by atoms with van der Waals surface area (Å²) in [5.74, 6) is 0.574. The number of fused-ring (bicyclic) bond motifs is 1. The molecule has 0 atom stereocenters. The maximum Gasteiger partial charge on any atom is 0.270 e. The van der Waals surface area contributed by atoms with E-state index in [2.05, 4.69) is 15.3 Å². The highest BCUT2D eigenvalue weighted by atomic mass is 32.2. The fourth-order valence-electron chi connectivity index (χ4n) is 2.22. The summed E-state index contributed by atoms with van der Waals surface area (Å²) in [5, 5.41) is 6.29. The van der Waals surface area contributed by atoms with Crippen LogP contribution < -0.4 is 5.32 Å². The predicted molar refractivity (Wildman–Crippen MR) is 90.9 cm³/mol. The van der Waals surface area contributed by atoms with Gasteiger partial charge in [-0.15, -0.1) is 11.3 Å². The molecule has 0 radical (unpaired) electrons. The molecule has 1 fully saturated rings. The molecule has 0 aliphatic heterocycles. The van der Waals surface area contributed by atoms with Gasteiger partial charge in [0.2, 0.25) is 0 Å². The number of hydrogen-bond acceptors (Lipinski definition) is 6. The van der Waals surface area contributed by atoms with E-state index in [1.54, 1.807) is 0 Å². The van der Waals surface area contributed by atoms with Crippen LogP contribution in [-0.4, -0.2) is 21.9 Å². The zero-order chi connectivity index (χ0) is 15.8. The Balaban J connectivity index is 1.42. The van der Waals surface area contributed by atoms with Gasteiger partial charge in [0, 0.05) is 11.4 Å². The number of benzene rings is 1. The molecule has 23 heavy (non-hydrogen) atoms. The van der Waals surface area contributed by atoms with Crippen molar-refractivity contribution in [2.45, 2.75) is 36.8 Å². The lowest BCUT2D eigenvalue weighted by Crippen LogP contribution is -2.25. The van der Waals surface area contributed by atoms with Gasteiger partial charge < -0.3 is 9.73 Å². The number of hydrogen-bond donors (Lipinski definition) is 1.